The molecule has 0 bridgehead atoms. The van der Waals surface area contributed by atoms with Crippen LogP contribution in [0, 0.1) is 0 Å². The van der Waals surface area contributed by atoms with Crippen LogP contribution in [0.3, 0.4) is 0 Å². The molecule has 0 amide bonds. The number of hydrogen-bond donors (Lipinski definition) is 1. The molecule has 0 aliphatic rings. The van der Waals surface area contributed by atoms with E-state index < -0.39 is 0 Å². The Labute approximate surface area is 121 Å². The molecule has 2 rings (SSSR count). The fourth-order valence-corrected chi connectivity index (χ4v) is 2.04. The quantitative estimate of drug-likeness (QED) is 0.872. The summed E-state index contributed by atoms with van der Waals surface area (Å²) in [4.78, 5) is 6.64. The van der Waals surface area contributed by atoms with Gasteiger partial charge in [-0.2, -0.15) is 0 Å². The molecule has 0 saturated carbocycles. The van der Waals surface area contributed by atoms with Crippen LogP contribution in [-0.4, -0.2) is 18.1 Å². The Bertz CT molecular complexity index is 523. The summed E-state index contributed by atoms with van der Waals surface area (Å²) in [6.07, 6.45) is 1.88. The summed E-state index contributed by atoms with van der Waals surface area (Å²) in [6.45, 7) is 6.06. The zero-order chi connectivity index (χ0) is 14.4. The van der Waals surface area contributed by atoms with Crippen molar-refractivity contribution in [2.45, 2.75) is 33.0 Å². The standard InChI is InChI=1S/C17H23N3/c1-14(2)19-12-16-9-10-18-17(11-16)20(3)13-15-7-5-4-6-8-15/h4-11,14,19H,12-13H2,1-3H3. The molecule has 0 atom stereocenters. The number of hydrogen-bond acceptors (Lipinski definition) is 3. The number of rotatable bonds is 6. The number of nitrogens with one attached hydrogen (secondary N) is 1. The maximum Gasteiger partial charge on any atom is 0.128 e. The SMILES string of the molecule is CC(C)NCc1ccnc(N(C)Cc2ccccc2)c1. The fraction of sp³-hybridized carbons (Fsp3) is 0.353. The summed E-state index contributed by atoms with van der Waals surface area (Å²) in [6, 6.07) is 15.2. The summed E-state index contributed by atoms with van der Waals surface area (Å²) in [5, 5.41) is 3.43. The van der Waals surface area contributed by atoms with Crippen LogP contribution in [0.25, 0.3) is 0 Å². The average Bonchev–Trinajstić information content (AvgIpc) is 2.46. The zero-order valence-corrected chi connectivity index (χ0v) is 12.5. The van der Waals surface area contributed by atoms with Crippen molar-refractivity contribution in [3.63, 3.8) is 0 Å². The second-order valence-corrected chi connectivity index (χ2v) is 5.40. The molecule has 0 radical (unpaired) electrons. The van der Waals surface area contributed by atoms with E-state index in [1.165, 1.54) is 11.1 Å². The lowest BCUT2D eigenvalue weighted by molar-refractivity contribution is 0.588. The van der Waals surface area contributed by atoms with Gasteiger partial charge in [0.2, 0.25) is 0 Å². The molecule has 0 aliphatic heterocycles. The van der Waals surface area contributed by atoms with E-state index in [1.807, 2.05) is 12.3 Å². The first kappa shape index (κ1) is 14.5. The van der Waals surface area contributed by atoms with Crippen molar-refractivity contribution >= 4 is 5.82 Å². The highest BCUT2D eigenvalue weighted by atomic mass is 15.2. The van der Waals surface area contributed by atoms with Crippen molar-refractivity contribution in [2.24, 2.45) is 0 Å². The average molecular weight is 269 g/mol. The third-order valence-electron chi connectivity index (χ3n) is 3.18. The van der Waals surface area contributed by atoms with Crippen LogP contribution in [0.2, 0.25) is 0 Å². The number of nitrogens with zero attached hydrogens (tertiary/aromatic N) is 2. The van der Waals surface area contributed by atoms with E-state index in [2.05, 4.69) is 72.5 Å². The maximum atomic E-state index is 4.46. The van der Waals surface area contributed by atoms with Gasteiger partial charge in [-0.3, -0.25) is 0 Å². The molecule has 1 aromatic heterocycles. The van der Waals surface area contributed by atoms with Gasteiger partial charge in [0.1, 0.15) is 5.82 Å². The van der Waals surface area contributed by atoms with Gasteiger partial charge >= 0.3 is 0 Å². The van der Waals surface area contributed by atoms with Gasteiger partial charge in [0, 0.05) is 32.4 Å². The molecular formula is C17H23N3. The molecule has 1 N–H and O–H groups in total. The minimum Gasteiger partial charge on any atom is -0.355 e. The van der Waals surface area contributed by atoms with E-state index in [1.54, 1.807) is 0 Å². The minimum atomic E-state index is 0.494. The van der Waals surface area contributed by atoms with Crippen molar-refractivity contribution in [1.29, 1.82) is 0 Å². The lowest BCUT2D eigenvalue weighted by Crippen LogP contribution is -2.22. The summed E-state index contributed by atoms with van der Waals surface area (Å²) >= 11 is 0. The van der Waals surface area contributed by atoms with Crippen LogP contribution < -0.4 is 10.2 Å². The van der Waals surface area contributed by atoms with Gasteiger partial charge in [-0.15, -0.1) is 0 Å². The van der Waals surface area contributed by atoms with Crippen LogP contribution in [0.15, 0.2) is 48.7 Å². The van der Waals surface area contributed by atoms with Crippen LogP contribution in [-0.2, 0) is 13.1 Å². The van der Waals surface area contributed by atoms with Gasteiger partial charge in [-0.1, -0.05) is 44.2 Å². The number of benzene rings is 1. The van der Waals surface area contributed by atoms with E-state index in [0.717, 1.165) is 18.9 Å². The van der Waals surface area contributed by atoms with Crippen molar-refractivity contribution in [1.82, 2.24) is 10.3 Å². The van der Waals surface area contributed by atoms with Crippen molar-refractivity contribution < 1.29 is 0 Å². The van der Waals surface area contributed by atoms with Gasteiger partial charge < -0.3 is 10.2 Å². The predicted molar refractivity (Wildman–Crippen MR) is 84.8 cm³/mol. The first-order valence-electron chi connectivity index (χ1n) is 7.08. The molecular weight excluding hydrogens is 246 g/mol. The number of anilines is 1. The van der Waals surface area contributed by atoms with Crippen LogP contribution >= 0.6 is 0 Å². The highest BCUT2D eigenvalue weighted by Gasteiger charge is 2.04. The van der Waals surface area contributed by atoms with Crippen LogP contribution in [0.5, 0.6) is 0 Å². The third-order valence-corrected chi connectivity index (χ3v) is 3.18. The first-order valence-corrected chi connectivity index (χ1v) is 7.08. The molecule has 2 aromatic rings. The minimum absolute atomic E-state index is 0.494. The molecule has 3 heteroatoms. The Kier molecular flexibility index (Phi) is 5.13. The molecule has 0 aliphatic carbocycles. The molecule has 1 aromatic carbocycles. The zero-order valence-electron chi connectivity index (χ0n) is 12.5. The second kappa shape index (κ2) is 7.06. The van der Waals surface area contributed by atoms with E-state index >= 15 is 0 Å². The van der Waals surface area contributed by atoms with E-state index in [0.29, 0.717) is 6.04 Å². The molecule has 0 fully saturated rings. The largest absolute Gasteiger partial charge is 0.355 e. The van der Waals surface area contributed by atoms with Gasteiger partial charge in [-0.25, -0.2) is 4.98 Å². The van der Waals surface area contributed by atoms with Gasteiger partial charge in [-0.05, 0) is 23.3 Å². The van der Waals surface area contributed by atoms with Crippen LogP contribution in [0.4, 0.5) is 5.82 Å². The Morgan fingerprint density at radius 2 is 1.85 bits per heavy atom. The number of pyridine rings is 1. The highest BCUT2D eigenvalue weighted by Crippen LogP contribution is 2.14. The first-order chi connectivity index (χ1) is 9.65. The summed E-state index contributed by atoms with van der Waals surface area (Å²) in [5.74, 6) is 1.01. The number of aromatic nitrogens is 1. The molecule has 1 heterocycles. The van der Waals surface area contributed by atoms with Crippen LogP contribution in [0.1, 0.15) is 25.0 Å². The van der Waals surface area contributed by atoms with Gasteiger partial charge in [0.15, 0.2) is 0 Å². The fourth-order valence-electron chi connectivity index (χ4n) is 2.04. The molecule has 3 nitrogen and oxygen atoms in total. The lowest BCUT2D eigenvalue weighted by Gasteiger charge is -2.19. The Balaban J connectivity index is 2.02. The highest BCUT2D eigenvalue weighted by molar-refractivity contribution is 5.41. The van der Waals surface area contributed by atoms with Gasteiger partial charge in [0.25, 0.3) is 0 Å². The van der Waals surface area contributed by atoms with Crippen molar-refractivity contribution in [2.75, 3.05) is 11.9 Å². The normalized spacial score (nSPS) is 10.8. The Hall–Kier alpha value is -1.87. The lowest BCUT2D eigenvalue weighted by atomic mass is 10.2. The van der Waals surface area contributed by atoms with E-state index in [9.17, 15) is 0 Å². The molecule has 20 heavy (non-hydrogen) atoms. The predicted octanol–water partition coefficient (Wildman–Crippen LogP) is 3.22. The topological polar surface area (TPSA) is 28.2 Å². The monoisotopic (exact) mass is 269 g/mol. The molecule has 106 valence electrons. The van der Waals surface area contributed by atoms with Gasteiger partial charge in [0.05, 0.1) is 0 Å². The summed E-state index contributed by atoms with van der Waals surface area (Å²) in [5.41, 5.74) is 2.56. The maximum absolute atomic E-state index is 4.46. The molecule has 0 saturated heterocycles. The van der Waals surface area contributed by atoms with Crippen molar-refractivity contribution in [3.8, 4) is 0 Å². The van der Waals surface area contributed by atoms with Crippen molar-refractivity contribution in [3.05, 3.63) is 59.8 Å². The summed E-state index contributed by atoms with van der Waals surface area (Å²) in [7, 11) is 2.08. The third kappa shape index (κ3) is 4.35. The Morgan fingerprint density at radius 1 is 1.10 bits per heavy atom. The molecule has 0 spiro atoms. The summed E-state index contributed by atoms with van der Waals surface area (Å²) < 4.78 is 0. The Morgan fingerprint density at radius 3 is 2.55 bits per heavy atom. The van der Waals surface area contributed by atoms with E-state index in [-0.39, 0.29) is 0 Å². The molecule has 0 unspecified atom stereocenters. The van der Waals surface area contributed by atoms with E-state index in [4.69, 9.17) is 0 Å². The smallest absolute Gasteiger partial charge is 0.128 e. The second-order valence-electron chi connectivity index (χ2n) is 5.40.